The molecular formula is C15H23N3O. The second-order valence-electron chi connectivity index (χ2n) is 5.11. The van der Waals surface area contributed by atoms with Crippen LogP contribution in [0.15, 0.2) is 18.3 Å². The van der Waals surface area contributed by atoms with Crippen LogP contribution in [0.5, 0.6) is 0 Å². The van der Waals surface area contributed by atoms with E-state index in [9.17, 15) is 4.79 Å². The molecule has 0 aliphatic carbocycles. The van der Waals surface area contributed by atoms with Gasteiger partial charge < -0.3 is 5.32 Å². The zero-order chi connectivity index (χ0) is 13.7. The van der Waals surface area contributed by atoms with E-state index in [0.717, 1.165) is 38.0 Å². The third-order valence-electron chi connectivity index (χ3n) is 3.82. The van der Waals surface area contributed by atoms with E-state index in [1.807, 2.05) is 6.20 Å². The van der Waals surface area contributed by atoms with Crippen molar-refractivity contribution in [1.82, 2.24) is 15.2 Å². The topological polar surface area (TPSA) is 45.2 Å². The number of piperidine rings is 1. The molecular weight excluding hydrogens is 238 g/mol. The molecule has 0 bridgehead atoms. The molecule has 1 atom stereocenters. The van der Waals surface area contributed by atoms with Crippen LogP contribution < -0.4 is 5.32 Å². The Bertz CT molecular complexity index is 416. The quantitative estimate of drug-likeness (QED) is 0.898. The molecule has 1 N–H and O–H groups in total. The summed E-state index contributed by atoms with van der Waals surface area (Å²) in [6.45, 7) is 3.88. The monoisotopic (exact) mass is 261 g/mol. The third-order valence-corrected chi connectivity index (χ3v) is 3.82. The number of carbonyl (C=O) groups excluding carboxylic acids is 1. The summed E-state index contributed by atoms with van der Waals surface area (Å²) in [5, 5.41) is 2.77. The average molecular weight is 261 g/mol. The van der Waals surface area contributed by atoms with Gasteiger partial charge in [-0.05, 0) is 37.4 Å². The van der Waals surface area contributed by atoms with Crippen molar-refractivity contribution in [2.45, 2.75) is 45.2 Å². The zero-order valence-corrected chi connectivity index (χ0v) is 11.9. The molecule has 19 heavy (non-hydrogen) atoms. The van der Waals surface area contributed by atoms with Crippen molar-refractivity contribution < 1.29 is 4.79 Å². The number of aryl methyl sites for hydroxylation is 1. The molecule has 1 aliphatic heterocycles. The van der Waals surface area contributed by atoms with E-state index in [1.54, 1.807) is 7.05 Å². The predicted molar refractivity (Wildman–Crippen MR) is 75.7 cm³/mol. The van der Waals surface area contributed by atoms with Crippen LogP contribution in [0.25, 0.3) is 0 Å². The maximum atomic E-state index is 11.9. The summed E-state index contributed by atoms with van der Waals surface area (Å²) in [5.74, 6) is 0.130. The summed E-state index contributed by atoms with van der Waals surface area (Å²) in [7, 11) is 1.71. The molecule has 4 heteroatoms. The van der Waals surface area contributed by atoms with Crippen molar-refractivity contribution in [3.8, 4) is 0 Å². The van der Waals surface area contributed by atoms with Gasteiger partial charge in [-0.2, -0.15) is 0 Å². The molecule has 1 fully saturated rings. The Hall–Kier alpha value is -1.42. The lowest BCUT2D eigenvalue weighted by Crippen LogP contribution is -2.48. The number of nitrogens with zero attached hydrogens (tertiary/aromatic N) is 2. The molecule has 4 nitrogen and oxygen atoms in total. The van der Waals surface area contributed by atoms with Crippen LogP contribution in [-0.4, -0.2) is 35.4 Å². The predicted octanol–water partition coefficient (Wildman–Crippen LogP) is 1.74. The van der Waals surface area contributed by atoms with Crippen molar-refractivity contribution in [2.24, 2.45) is 0 Å². The first kappa shape index (κ1) is 14.0. The van der Waals surface area contributed by atoms with Gasteiger partial charge in [0.25, 0.3) is 0 Å². The number of likely N-dealkylation sites (tertiary alicyclic amines) is 1. The fourth-order valence-corrected chi connectivity index (χ4v) is 2.61. The Morgan fingerprint density at radius 3 is 2.95 bits per heavy atom. The van der Waals surface area contributed by atoms with E-state index in [4.69, 9.17) is 0 Å². The number of carbonyl (C=O) groups is 1. The smallest absolute Gasteiger partial charge is 0.237 e. The number of rotatable bonds is 4. The molecule has 1 aromatic heterocycles. The van der Waals surface area contributed by atoms with E-state index in [-0.39, 0.29) is 11.9 Å². The first-order valence-corrected chi connectivity index (χ1v) is 7.14. The third kappa shape index (κ3) is 3.53. The van der Waals surface area contributed by atoms with Crippen LogP contribution >= 0.6 is 0 Å². The van der Waals surface area contributed by atoms with E-state index in [0.29, 0.717) is 0 Å². The molecule has 1 saturated heterocycles. The molecule has 0 radical (unpaired) electrons. The summed E-state index contributed by atoms with van der Waals surface area (Å²) in [6, 6.07) is 4.21. The van der Waals surface area contributed by atoms with Crippen LogP contribution in [-0.2, 0) is 17.8 Å². The highest BCUT2D eigenvalue weighted by Crippen LogP contribution is 2.19. The van der Waals surface area contributed by atoms with Crippen LogP contribution in [0.4, 0.5) is 0 Å². The first-order chi connectivity index (χ1) is 9.24. The highest BCUT2D eigenvalue weighted by molar-refractivity contribution is 5.81. The Morgan fingerprint density at radius 1 is 1.47 bits per heavy atom. The number of likely N-dealkylation sites (N-methyl/N-ethyl adjacent to an activating group) is 1. The second-order valence-corrected chi connectivity index (χ2v) is 5.11. The fourth-order valence-electron chi connectivity index (χ4n) is 2.61. The molecule has 2 rings (SSSR count). The van der Waals surface area contributed by atoms with E-state index >= 15 is 0 Å². The Balaban J connectivity index is 2.03. The maximum Gasteiger partial charge on any atom is 0.237 e. The van der Waals surface area contributed by atoms with Gasteiger partial charge in [0.1, 0.15) is 0 Å². The van der Waals surface area contributed by atoms with Crippen molar-refractivity contribution in [1.29, 1.82) is 0 Å². The van der Waals surface area contributed by atoms with Gasteiger partial charge in [0, 0.05) is 19.8 Å². The summed E-state index contributed by atoms with van der Waals surface area (Å²) < 4.78 is 0. The molecule has 0 spiro atoms. The van der Waals surface area contributed by atoms with Crippen LogP contribution in [0.2, 0.25) is 0 Å². The van der Waals surface area contributed by atoms with Crippen LogP contribution in [0.3, 0.4) is 0 Å². The largest absolute Gasteiger partial charge is 0.358 e. The van der Waals surface area contributed by atoms with Gasteiger partial charge in [-0.3, -0.25) is 14.7 Å². The lowest BCUT2D eigenvalue weighted by Gasteiger charge is -2.34. The van der Waals surface area contributed by atoms with Crippen LogP contribution in [0, 0.1) is 0 Å². The minimum atomic E-state index is 0.00593. The first-order valence-electron chi connectivity index (χ1n) is 7.14. The van der Waals surface area contributed by atoms with Crippen molar-refractivity contribution in [2.75, 3.05) is 13.6 Å². The maximum absolute atomic E-state index is 11.9. The van der Waals surface area contributed by atoms with Gasteiger partial charge in [-0.15, -0.1) is 0 Å². The minimum absolute atomic E-state index is 0.00593. The minimum Gasteiger partial charge on any atom is -0.358 e. The van der Waals surface area contributed by atoms with Crippen molar-refractivity contribution in [3.05, 3.63) is 29.6 Å². The van der Waals surface area contributed by atoms with E-state index in [1.165, 1.54) is 12.0 Å². The highest BCUT2D eigenvalue weighted by atomic mass is 16.2. The number of hydrogen-bond acceptors (Lipinski definition) is 3. The Kier molecular flexibility index (Phi) is 4.91. The summed E-state index contributed by atoms with van der Waals surface area (Å²) in [6.07, 6.45) is 6.20. The zero-order valence-electron chi connectivity index (χ0n) is 11.9. The molecule has 1 aliphatic rings. The number of hydrogen-bond donors (Lipinski definition) is 1. The second kappa shape index (κ2) is 6.66. The number of nitrogens with one attached hydrogen (secondary N) is 1. The van der Waals surface area contributed by atoms with Gasteiger partial charge in [0.15, 0.2) is 0 Å². The van der Waals surface area contributed by atoms with E-state index in [2.05, 4.69) is 34.3 Å². The van der Waals surface area contributed by atoms with Gasteiger partial charge in [0.05, 0.1) is 11.7 Å². The molecule has 1 unspecified atom stereocenters. The molecule has 104 valence electrons. The van der Waals surface area contributed by atoms with Crippen LogP contribution in [0.1, 0.15) is 37.4 Å². The van der Waals surface area contributed by atoms with Gasteiger partial charge in [-0.25, -0.2) is 0 Å². The standard InChI is InChI=1S/C15H23N3O/c1-3-12-7-8-13(17-10-12)11-18-9-5-4-6-14(18)15(19)16-2/h7-8,10,14H,3-6,9,11H2,1-2H3,(H,16,19). The molecule has 0 aromatic carbocycles. The SMILES string of the molecule is CCc1ccc(CN2CCCCC2C(=O)NC)nc1. The lowest BCUT2D eigenvalue weighted by atomic mass is 10.0. The number of aromatic nitrogens is 1. The lowest BCUT2D eigenvalue weighted by molar-refractivity contribution is -0.127. The molecule has 2 heterocycles. The normalized spacial score (nSPS) is 20.2. The molecule has 0 saturated carbocycles. The number of pyridine rings is 1. The van der Waals surface area contributed by atoms with Gasteiger partial charge in [0.2, 0.25) is 5.91 Å². The van der Waals surface area contributed by atoms with Crippen molar-refractivity contribution >= 4 is 5.91 Å². The van der Waals surface area contributed by atoms with E-state index < -0.39 is 0 Å². The molecule has 1 amide bonds. The fraction of sp³-hybridized carbons (Fsp3) is 0.600. The average Bonchev–Trinajstić information content (AvgIpc) is 2.48. The van der Waals surface area contributed by atoms with Gasteiger partial charge >= 0.3 is 0 Å². The summed E-state index contributed by atoms with van der Waals surface area (Å²) >= 11 is 0. The summed E-state index contributed by atoms with van der Waals surface area (Å²) in [5.41, 5.74) is 2.30. The summed E-state index contributed by atoms with van der Waals surface area (Å²) in [4.78, 5) is 18.6. The number of amides is 1. The van der Waals surface area contributed by atoms with Crippen molar-refractivity contribution in [3.63, 3.8) is 0 Å². The Morgan fingerprint density at radius 2 is 2.32 bits per heavy atom. The molecule has 1 aromatic rings. The highest BCUT2D eigenvalue weighted by Gasteiger charge is 2.27. The Labute approximate surface area is 115 Å². The van der Waals surface area contributed by atoms with Gasteiger partial charge in [-0.1, -0.05) is 19.4 Å².